The van der Waals surface area contributed by atoms with Crippen molar-refractivity contribution in [1.29, 1.82) is 0 Å². The molecule has 0 spiro atoms. The first-order valence-electron chi connectivity index (χ1n) is 8.72. The molecule has 140 valence electrons. The fourth-order valence-electron chi connectivity index (χ4n) is 3.32. The number of hydrogen-bond donors (Lipinski definition) is 0. The highest BCUT2D eigenvalue weighted by molar-refractivity contribution is 7.89. The highest BCUT2D eigenvalue weighted by Gasteiger charge is 2.28. The number of methoxy groups -OCH3 is 1. The summed E-state index contributed by atoms with van der Waals surface area (Å²) in [6, 6.07) is 3.82. The summed E-state index contributed by atoms with van der Waals surface area (Å²) in [4.78, 5) is 14.7. The Labute approximate surface area is 150 Å². The molecule has 25 heavy (non-hydrogen) atoms. The summed E-state index contributed by atoms with van der Waals surface area (Å²) in [5.74, 6) is 0.653. The highest BCUT2D eigenvalue weighted by atomic mass is 32.2. The molecule has 1 saturated heterocycles. The number of carbonyl (C=O) groups excluding carboxylic acids is 1. The van der Waals surface area contributed by atoms with E-state index in [0.717, 1.165) is 11.1 Å². The van der Waals surface area contributed by atoms with E-state index in [2.05, 4.69) is 0 Å². The average Bonchev–Trinajstić information content (AvgIpc) is 2.80. The third kappa shape index (κ3) is 4.52. The summed E-state index contributed by atoms with van der Waals surface area (Å²) in [6.07, 6.45) is 1.24. The molecule has 0 saturated carbocycles. The summed E-state index contributed by atoms with van der Waals surface area (Å²) in [5, 5.41) is 0. The van der Waals surface area contributed by atoms with E-state index in [4.69, 9.17) is 4.74 Å². The Kier molecular flexibility index (Phi) is 6.46. The Morgan fingerprint density at radius 2 is 1.88 bits per heavy atom. The largest absolute Gasteiger partial charge is 0.496 e. The first-order chi connectivity index (χ1) is 11.8. The van der Waals surface area contributed by atoms with E-state index in [1.54, 1.807) is 12.0 Å². The Bertz CT molecular complexity index is 731. The van der Waals surface area contributed by atoms with Gasteiger partial charge in [0, 0.05) is 26.2 Å². The zero-order chi connectivity index (χ0) is 18.6. The van der Waals surface area contributed by atoms with Crippen LogP contribution in [0.5, 0.6) is 5.75 Å². The van der Waals surface area contributed by atoms with Crippen molar-refractivity contribution in [3.05, 3.63) is 28.8 Å². The van der Waals surface area contributed by atoms with Crippen molar-refractivity contribution in [3.8, 4) is 5.75 Å². The first-order valence-corrected chi connectivity index (χ1v) is 10.3. The fourth-order valence-corrected chi connectivity index (χ4v) is 4.86. The maximum absolute atomic E-state index is 13.0. The molecule has 2 rings (SSSR count). The second-order valence-corrected chi connectivity index (χ2v) is 8.61. The van der Waals surface area contributed by atoms with E-state index in [0.29, 0.717) is 50.3 Å². The number of rotatable bonds is 5. The molecule has 0 aromatic heterocycles. The molecular formula is C18H28N2O4S. The predicted octanol–water partition coefficient (Wildman–Crippen LogP) is 2.20. The minimum atomic E-state index is -3.23. The van der Waals surface area contributed by atoms with E-state index in [-0.39, 0.29) is 11.7 Å². The summed E-state index contributed by atoms with van der Waals surface area (Å²) in [6.45, 7) is 7.49. The van der Waals surface area contributed by atoms with Crippen molar-refractivity contribution in [2.75, 3.05) is 39.0 Å². The number of benzene rings is 1. The molecule has 1 aliphatic rings. The van der Waals surface area contributed by atoms with Crippen LogP contribution in [0, 0.1) is 13.8 Å². The number of carbonyl (C=O) groups is 1. The molecule has 1 fully saturated rings. The zero-order valence-corrected chi connectivity index (χ0v) is 16.4. The molecule has 1 heterocycles. The minimum Gasteiger partial charge on any atom is -0.496 e. The highest BCUT2D eigenvalue weighted by Crippen LogP contribution is 2.27. The molecule has 0 radical (unpaired) electrons. The third-order valence-electron chi connectivity index (χ3n) is 4.45. The van der Waals surface area contributed by atoms with Gasteiger partial charge in [-0.25, -0.2) is 12.7 Å². The molecule has 1 aromatic carbocycles. The van der Waals surface area contributed by atoms with Crippen LogP contribution in [0.15, 0.2) is 12.1 Å². The summed E-state index contributed by atoms with van der Waals surface area (Å²) >= 11 is 0. The van der Waals surface area contributed by atoms with Crippen molar-refractivity contribution < 1.29 is 17.9 Å². The normalized spacial score (nSPS) is 16.6. The van der Waals surface area contributed by atoms with E-state index in [1.165, 1.54) is 4.31 Å². The third-order valence-corrected chi connectivity index (χ3v) is 6.53. The second-order valence-electron chi connectivity index (χ2n) is 6.52. The Morgan fingerprint density at radius 1 is 1.16 bits per heavy atom. The van der Waals surface area contributed by atoms with E-state index >= 15 is 0 Å². The molecular weight excluding hydrogens is 340 g/mol. The standard InChI is InChI=1S/C18H28N2O4S/c1-5-11-25(22,23)20-8-6-7-19(9-10-20)18(21)16-13-14(2)12-15(3)17(16)24-4/h12-13H,5-11H2,1-4H3. The van der Waals surface area contributed by atoms with Crippen LogP contribution in [0.2, 0.25) is 0 Å². The molecule has 1 aliphatic heterocycles. The fraction of sp³-hybridized carbons (Fsp3) is 0.611. The van der Waals surface area contributed by atoms with Gasteiger partial charge in [0.2, 0.25) is 10.0 Å². The number of ether oxygens (including phenoxy) is 1. The van der Waals surface area contributed by atoms with Crippen LogP contribution in [0.3, 0.4) is 0 Å². The van der Waals surface area contributed by atoms with Crippen LogP contribution >= 0.6 is 0 Å². The van der Waals surface area contributed by atoms with Crippen LogP contribution < -0.4 is 4.74 Å². The van der Waals surface area contributed by atoms with E-state index in [9.17, 15) is 13.2 Å². The van der Waals surface area contributed by atoms with Crippen molar-refractivity contribution in [2.45, 2.75) is 33.6 Å². The van der Waals surface area contributed by atoms with Crippen LogP contribution in [0.25, 0.3) is 0 Å². The molecule has 0 bridgehead atoms. The van der Waals surface area contributed by atoms with Gasteiger partial charge in [0.15, 0.2) is 0 Å². The van der Waals surface area contributed by atoms with Crippen LogP contribution in [0.4, 0.5) is 0 Å². The molecule has 1 amide bonds. The maximum atomic E-state index is 13.0. The lowest BCUT2D eigenvalue weighted by molar-refractivity contribution is 0.0760. The van der Waals surface area contributed by atoms with Crippen LogP contribution in [0.1, 0.15) is 41.3 Å². The van der Waals surface area contributed by atoms with Gasteiger partial charge in [-0.3, -0.25) is 4.79 Å². The topological polar surface area (TPSA) is 66.9 Å². The van der Waals surface area contributed by atoms with Gasteiger partial charge < -0.3 is 9.64 Å². The Hall–Kier alpha value is -1.60. The molecule has 0 N–H and O–H groups in total. The molecule has 7 heteroatoms. The van der Waals surface area contributed by atoms with Crippen molar-refractivity contribution in [2.24, 2.45) is 0 Å². The lowest BCUT2D eigenvalue weighted by Gasteiger charge is -2.23. The Balaban J connectivity index is 2.20. The lowest BCUT2D eigenvalue weighted by atomic mass is 10.0. The minimum absolute atomic E-state index is 0.0987. The maximum Gasteiger partial charge on any atom is 0.257 e. The van der Waals surface area contributed by atoms with Crippen molar-refractivity contribution >= 4 is 15.9 Å². The monoisotopic (exact) mass is 368 g/mol. The van der Waals surface area contributed by atoms with Gasteiger partial charge in [0.1, 0.15) is 5.75 Å². The van der Waals surface area contributed by atoms with Crippen molar-refractivity contribution in [3.63, 3.8) is 0 Å². The van der Waals surface area contributed by atoms with Gasteiger partial charge in [0.05, 0.1) is 18.4 Å². The van der Waals surface area contributed by atoms with Crippen molar-refractivity contribution in [1.82, 2.24) is 9.21 Å². The average molecular weight is 368 g/mol. The van der Waals surface area contributed by atoms with Crippen LogP contribution in [-0.4, -0.2) is 62.6 Å². The van der Waals surface area contributed by atoms with Gasteiger partial charge >= 0.3 is 0 Å². The summed E-state index contributed by atoms with van der Waals surface area (Å²) in [5.41, 5.74) is 2.47. The smallest absolute Gasteiger partial charge is 0.257 e. The summed E-state index contributed by atoms with van der Waals surface area (Å²) in [7, 11) is -1.66. The lowest BCUT2D eigenvalue weighted by Crippen LogP contribution is -2.38. The number of aryl methyl sites for hydroxylation is 2. The number of amides is 1. The second kappa shape index (κ2) is 8.19. The number of nitrogens with zero attached hydrogens (tertiary/aromatic N) is 2. The molecule has 6 nitrogen and oxygen atoms in total. The molecule has 1 aromatic rings. The number of hydrogen-bond acceptors (Lipinski definition) is 4. The molecule has 0 aliphatic carbocycles. The van der Waals surface area contributed by atoms with Gasteiger partial charge in [-0.2, -0.15) is 0 Å². The van der Waals surface area contributed by atoms with Gasteiger partial charge in [-0.05, 0) is 43.9 Å². The summed E-state index contributed by atoms with van der Waals surface area (Å²) < 4.78 is 31.5. The quantitative estimate of drug-likeness (QED) is 0.799. The van der Waals surface area contributed by atoms with E-state index < -0.39 is 10.0 Å². The predicted molar refractivity (Wildman–Crippen MR) is 98.6 cm³/mol. The molecule has 0 unspecified atom stereocenters. The van der Waals surface area contributed by atoms with E-state index in [1.807, 2.05) is 32.9 Å². The van der Waals surface area contributed by atoms with Gasteiger partial charge in [0.25, 0.3) is 5.91 Å². The van der Waals surface area contributed by atoms with Gasteiger partial charge in [-0.15, -0.1) is 0 Å². The SMILES string of the molecule is CCCS(=O)(=O)N1CCCN(C(=O)c2cc(C)cc(C)c2OC)CC1. The zero-order valence-electron chi connectivity index (χ0n) is 15.5. The molecule has 0 atom stereocenters. The van der Waals surface area contributed by atoms with Crippen LogP contribution in [-0.2, 0) is 10.0 Å². The number of sulfonamides is 1. The first kappa shape index (κ1) is 19.7. The van der Waals surface area contributed by atoms with Gasteiger partial charge in [-0.1, -0.05) is 13.0 Å². The Morgan fingerprint density at radius 3 is 2.52 bits per heavy atom.